The van der Waals surface area contributed by atoms with Crippen molar-refractivity contribution < 1.29 is 27.4 Å². The number of nitrogens with zero attached hydrogens (tertiary/aromatic N) is 5. The molecule has 0 unspecified atom stereocenters. The van der Waals surface area contributed by atoms with Crippen molar-refractivity contribution in [3.05, 3.63) is 76.1 Å². The number of anilines is 2. The van der Waals surface area contributed by atoms with Crippen LogP contribution < -0.4 is 15.0 Å². The standard InChI is InChI=1S/C31H31F3N6O3S/c1-4-23-15-25(24-14-22(31(32,33)34)6-7-27(24)40(23)30(41)42-5-2)38-29-37-18-28(43-8-9-44-3)26(39-29)13-19-10-20(16-35)12-21(11-19)17-36/h6-7,10-12,14,18,23,25H,4-5,8-9,13,15H2,1-3H3,(H,37,38,39)/t23-,25+/m1/s1. The van der Waals surface area contributed by atoms with Crippen molar-refractivity contribution in [1.82, 2.24) is 9.97 Å². The molecule has 4 rings (SSSR count). The second-order valence-corrected chi connectivity index (χ2v) is 11.0. The molecule has 0 radical (unpaired) electrons. The van der Waals surface area contributed by atoms with Crippen LogP contribution in [-0.2, 0) is 17.3 Å². The Morgan fingerprint density at radius 2 is 1.89 bits per heavy atom. The number of hydrogen-bond donors (Lipinski definition) is 1. The Hall–Kier alpha value is -4.49. The van der Waals surface area contributed by atoms with Gasteiger partial charge in [-0.05, 0) is 73.5 Å². The zero-order chi connectivity index (χ0) is 31.9. The van der Waals surface area contributed by atoms with Gasteiger partial charge in [0.05, 0.1) is 65.7 Å². The minimum absolute atomic E-state index is 0.124. The van der Waals surface area contributed by atoms with Gasteiger partial charge in [-0.15, -0.1) is 0 Å². The predicted molar refractivity (Wildman–Crippen MR) is 161 cm³/mol. The third kappa shape index (κ3) is 7.53. The van der Waals surface area contributed by atoms with E-state index < -0.39 is 23.9 Å². The highest BCUT2D eigenvalue weighted by atomic mass is 32.2. The first-order valence-corrected chi connectivity index (χ1v) is 15.4. The third-order valence-electron chi connectivity index (χ3n) is 7.10. The van der Waals surface area contributed by atoms with Crippen LogP contribution in [-0.4, -0.2) is 47.3 Å². The predicted octanol–water partition coefficient (Wildman–Crippen LogP) is 6.87. The third-order valence-corrected chi connectivity index (χ3v) is 7.67. The van der Waals surface area contributed by atoms with Crippen LogP contribution in [0.1, 0.15) is 66.2 Å². The molecule has 9 nitrogen and oxygen atoms in total. The van der Waals surface area contributed by atoms with Gasteiger partial charge >= 0.3 is 12.3 Å². The summed E-state index contributed by atoms with van der Waals surface area (Å²) >= 11 is 1.60. The first-order chi connectivity index (χ1) is 21.1. The summed E-state index contributed by atoms with van der Waals surface area (Å²) in [6.45, 7) is 4.08. The summed E-state index contributed by atoms with van der Waals surface area (Å²) in [5.41, 5.74) is 1.54. The van der Waals surface area contributed by atoms with E-state index in [9.17, 15) is 28.5 Å². The maximum Gasteiger partial charge on any atom is 0.416 e. The summed E-state index contributed by atoms with van der Waals surface area (Å²) in [5, 5.41) is 22.0. The quantitative estimate of drug-likeness (QED) is 0.241. The molecule has 2 aromatic carbocycles. The molecular weight excluding hydrogens is 593 g/mol. The van der Waals surface area contributed by atoms with Crippen LogP contribution in [0.4, 0.5) is 29.6 Å². The molecule has 1 amide bonds. The number of rotatable bonds is 10. The normalized spacial score (nSPS) is 16.0. The topological polar surface area (TPSA) is 124 Å². The SMILES string of the molecule is CCOC(=O)N1c2ccc(C(F)(F)F)cc2[C@@H](Nc2ncc(OCCSC)c(Cc3cc(C#N)cc(C#N)c3)n2)C[C@H]1CC. The molecule has 2 atom stereocenters. The molecule has 1 aromatic heterocycles. The van der Waals surface area contributed by atoms with Gasteiger partial charge in [0.1, 0.15) is 0 Å². The van der Waals surface area contributed by atoms with E-state index in [-0.39, 0.29) is 37.0 Å². The van der Waals surface area contributed by atoms with Gasteiger partial charge in [0.2, 0.25) is 5.95 Å². The fourth-order valence-electron chi connectivity index (χ4n) is 5.09. The van der Waals surface area contributed by atoms with Crippen LogP contribution in [0.15, 0.2) is 42.6 Å². The smallest absolute Gasteiger partial charge is 0.416 e. The van der Waals surface area contributed by atoms with E-state index >= 15 is 0 Å². The van der Waals surface area contributed by atoms with Crippen molar-refractivity contribution in [3.8, 4) is 17.9 Å². The number of alkyl halides is 3. The molecule has 0 saturated heterocycles. The minimum atomic E-state index is -4.59. The Kier molecular flexibility index (Phi) is 10.6. The number of halogens is 3. The Balaban J connectivity index is 1.75. The summed E-state index contributed by atoms with van der Waals surface area (Å²) in [7, 11) is 0. The summed E-state index contributed by atoms with van der Waals surface area (Å²) < 4.78 is 52.5. The van der Waals surface area contributed by atoms with Crippen molar-refractivity contribution in [3.63, 3.8) is 0 Å². The second-order valence-electron chi connectivity index (χ2n) is 10.00. The number of nitrogens with one attached hydrogen (secondary N) is 1. The maximum absolute atomic E-state index is 13.8. The molecule has 3 aromatic rings. The van der Waals surface area contributed by atoms with Crippen molar-refractivity contribution in [1.29, 1.82) is 10.5 Å². The monoisotopic (exact) mass is 624 g/mol. The van der Waals surface area contributed by atoms with Gasteiger partial charge in [-0.25, -0.2) is 14.8 Å². The lowest BCUT2D eigenvalue weighted by Crippen LogP contribution is -2.46. The number of ether oxygens (including phenoxy) is 2. The average molecular weight is 625 g/mol. The number of amides is 1. The molecule has 0 aliphatic carbocycles. The Morgan fingerprint density at radius 3 is 2.50 bits per heavy atom. The highest BCUT2D eigenvalue weighted by Crippen LogP contribution is 2.43. The van der Waals surface area contributed by atoms with Crippen LogP contribution in [0, 0.1) is 22.7 Å². The number of thioether (sulfide) groups is 1. The van der Waals surface area contributed by atoms with Crippen LogP contribution >= 0.6 is 11.8 Å². The van der Waals surface area contributed by atoms with Crippen molar-refractivity contribution in [2.24, 2.45) is 0 Å². The van der Waals surface area contributed by atoms with Gasteiger partial charge in [-0.1, -0.05) is 6.92 Å². The summed E-state index contributed by atoms with van der Waals surface area (Å²) in [5.74, 6) is 1.29. The van der Waals surface area contributed by atoms with Gasteiger partial charge in [0.25, 0.3) is 0 Å². The molecule has 1 aliphatic rings. The van der Waals surface area contributed by atoms with Gasteiger partial charge < -0.3 is 14.8 Å². The number of carbonyl (C=O) groups is 1. The molecule has 1 aliphatic heterocycles. The minimum Gasteiger partial charge on any atom is -0.489 e. The average Bonchev–Trinajstić information content (AvgIpc) is 3.01. The number of hydrogen-bond acceptors (Lipinski definition) is 9. The Bertz CT molecular complexity index is 1560. The first kappa shape index (κ1) is 32.4. The van der Waals surface area contributed by atoms with Gasteiger partial charge in [0.15, 0.2) is 5.75 Å². The van der Waals surface area contributed by atoms with Gasteiger partial charge in [-0.3, -0.25) is 4.90 Å². The van der Waals surface area contributed by atoms with Gasteiger partial charge in [0, 0.05) is 18.2 Å². The van der Waals surface area contributed by atoms with Crippen LogP contribution in [0.2, 0.25) is 0 Å². The lowest BCUT2D eigenvalue weighted by atomic mass is 9.89. The number of fused-ring (bicyclic) bond motifs is 1. The van der Waals surface area contributed by atoms with E-state index in [2.05, 4.69) is 27.4 Å². The van der Waals surface area contributed by atoms with Gasteiger partial charge in [-0.2, -0.15) is 35.5 Å². The maximum atomic E-state index is 13.8. The molecule has 44 heavy (non-hydrogen) atoms. The number of carbonyl (C=O) groups excluding carboxylic acids is 1. The van der Waals surface area contributed by atoms with E-state index in [1.54, 1.807) is 30.8 Å². The molecular formula is C31H31F3N6O3S. The zero-order valence-corrected chi connectivity index (χ0v) is 25.3. The van der Waals surface area contributed by atoms with E-state index in [1.165, 1.54) is 23.2 Å². The first-order valence-electron chi connectivity index (χ1n) is 14.0. The highest BCUT2D eigenvalue weighted by Gasteiger charge is 2.39. The molecule has 230 valence electrons. The van der Waals surface area contributed by atoms with E-state index in [0.717, 1.165) is 17.9 Å². The van der Waals surface area contributed by atoms with Crippen LogP contribution in [0.25, 0.3) is 0 Å². The Morgan fingerprint density at radius 1 is 1.16 bits per heavy atom. The molecule has 2 heterocycles. The Labute approximate surface area is 258 Å². The summed E-state index contributed by atoms with van der Waals surface area (Å²) in [6, 6.07) is 11.2. The van der Waals surface area contributed by atoms with E-state index in [0.29, 0.717) is 46.8 Å². The molecule has 0 spiro atoms. The molecule has 0 saturated carbocycles. The number of benzene rings is 2. The zero-order valence-electron chi connectivity index (χ0n) is 24.4. The molecule has 1 N–H and O–H groups in total. The van der Waals surface area contributed by atoms with Crippen molar-refractivity contribution >= 4 is 29.5 Å². The lowest BCUT2D eigenvalue weighted by Gasteiger charge is -2.40. The van der Waals surface area contributed by atoms with E-state index in [4.69, 9.17) is 9.47 Å². The summed E-state index contributed by atoms with van der Waals surface area (Å²) in [6.07, 6.45) is -0.738. The second kappa shape index (κ2) is 14.3. The largest absolute Gasteiger partial charge is 0.489 e. The lowest BCUT2D eigenvalue weighted by molar-refractivity contribution is -0.137. The van der Waals surface area contributed by atoms with Crippen molar-refractivity contribution in [2.45, 2.75) is 51.4 Å². The fourth-order valence-corrected chi connectivity index (χ4v) is 5.34. The number of aromatic nitrogens is 2. The molecule has 0 fully saturated rings. The highest BCUT2D eigenvalue weighted by molar-refractivity contribution is 7.98. The van der Waals surface area contributed by atoms with Crippen LogP contribution in [0.5, 0.6) is 5.75 Å². The fraction of sp³-hybridized carbons (Fsp3) is 0.387. The molecule has 0 bridgehead atoms. The van der Waals surface area contributed by atoms with Crippen LogP contribution in [0.3, 0.4) is 0 Å². The number of nitriles is 2. The van der Waals surface area contributed by atoms with E-state index in [1.807, 2.05) is 13.2 Å². The molecule has 13 heteroatoms. The summed E-state index contributed by atoms with van der Waals surface area (Å²) in [4.78, 5) is 23.4. The van der Waals surface area contributed by atoms with Crippen molar-refractivity contribution in [2.75, 3.05) is 35.4 Å².